The third kappa shape index (κ3) is 3.82. The lowest BCUT2D eigenvalue weighted by Crippen LogP contribution is -2.44. The summed E-state index contributed by atoms with van der Waals surface area (Å²) in [6.07, 6.45) is 5.92. The largest absolute Gasteiger partial charge is 0.313 e. The lowest BCUT2D eigenvalue weighted by Gasteiger charge is -2.31. The second kappa shape index (κ2) is 6.71. The van der Waals surface area contributed by atoms with Crippen LogP contribution >= 0.6 is 15.9 Å². The maximum absolute atomic E-state index is 14.2. The van der Waals surface area contributed by atoms with Gasteiger partial charge in [0.1, 0.15) is 11.6 Å². The molecule has 21 heavy (non-hydrogen) atoms. The van der Waals surface area contributed by atoms with Crippen molar-refractivity contribution in [2.45, 2.75) is 50.7 Å². The van der Waals surface area contributed by atoms with Crippen LogP contribution in [0, 0.1) is 11.6 Å². The summed E-state index contributed by atoms with van der Waals surface area (Å²) in [5.41, 5.74) is 0.187. The summed E-state index contributed by atoms with van der Waals surface area (Å²) < 4.78 is 28.4. The maximum Gasteiger partial charge on any atom is 0.144 e. The van der Waals surface area contributed by atoms with E-state index in [0.717, 1.165) is 32.4 Å². The van der Waals surface area contributed by atoms with Gasteiger partial charge < -0.3 is 5.32 Å². The van der Waals surface area contributed by atoms with E-state index in [1.807, 2.05) is 0 Å². The summed E-state index contributed by atoms with van der Waals surface area (Å²) in [6, 6.07) is 3.72. The van der Waals surface area contributed by atoms with Crippen molar-refractivity contribution >= 4 is 15.9 Å². The summed E-state index contributed by atoms with van der Waals surface area (Å²) in [6.45, 7) is 2.30. The SMILES string of the molecule is Fc1ccc(Br)c(F)c1CN(CC1CCCCN1)C1CC1. The van der Waals surface area contributed by atoms with Crippen molar-refractivity contribution in [3.8, 4) is 0 Å². The topological polar surface area (TPSA) is 15.3 Å². The molecule has 0 spiro atoms. The summed E-state index contributed by atoms with van der Waals surface area (Å²) in [7, 11) is 0. The molecule has 0 aromatic heterocycles. The molecule has 0 amide bonds. The highest BCUT2D eigenvalue weighted by atomic mass is 79.9. The van der Waals surface area contributed by atoms with Gasteiger partial charge in [0, 0.05) is 30.7 Å². The lowest BCUT2D eigenvalue weighted by molar-refractivity contribution is 0.203. The van der Waals surface area contributed by atoms with E-state index in [-0.39, 0.29) is 5.56 Å². The first kappa shape index (κ1) is 15.4. The Balaban J connectivity index is 1.72. The number of piperidine rings is 1. The molecule has 1 saturated heterocycles. The van der Waals surface area contributed by atoms with Gasteiger partial charge in [-0.05, 0) is 60.3 Å². The highest BCUT2D eigenvalue weighted by Crippen LogP contribution is 2.31. The molecule has 1 unspecified atom stereocenters. The molecule has 0 radical (unpaired) electrons. The van der Waals surface area contributed by atoms with E-state index in [0.29, 0.717) is 23.1 Å². The van der Waals surface area contributed by atoms with Crippen LogP contribution in [0.5, 0.6) is 0 Å². The first-order chi connectivity index (χ1) is 10.1. The molecular weight excluding hydrogens is 338 g/mol. The Hall–Kier alpha value is -0.520. The minimum absolute atomic E-state index is 0.187. The van der Waals surface area contributed by atoms with Crippen LogP contribution < -0.4 is 5.32 Å². The van der Waals surface area contributed by atoms with Crippen molar-refractivity contribution < 1.29 is 8.78 Å². The number of benzene rings is 1. The van der Waals surface area contributed by atoms with Crippen molar-refractivity contribution in [2.24, 2.45) is 0 Å². The molecule has 1 heterocycles. The number of halogens is 3. The fourth-order valence-corrected chi connectivity index (χ4v) is 3.43. The predicted octanol–water partition coefficient (Wildman–Crippen LogP) is 3.83. The monoisotopic (exact) mass is 358 g/mol. The molecule has 5 heteroatoms. The zero-order valence-corrected chi connectivity index (χ0v) is 13.6. The molecule has 0 bridgehead atoms. The van der Waals surface area contributed by atoms with Gasteiger partial charge in [0.05, 0.1) is 4.47 Å². The van der Waals surface area contributed by atoms with Gasteiger partial charge in [-0.1, -0.05) is 6.42 Å². The zero-order chi connectivity index (χ0) is 14.8. The first-order valence-corrected chi connectivity index (χ1v) is 8.54. The van der Waals surface area contributed by atoms with Gasteiger partial charge in [0.15, 0.2) is 0 Å². The van der Waals surface area contributed by atoms with Gasteiger partial charge in [-0.25, -0.2) is 8.78 Å². The van der Waals surface area contributed by atoms with E-state index in [9.17, 15) is 8.78 Å². The van der Waals surface area contributed by atoms with Crippen molar-refractivity contribution in [3.05, 3.63) is 33.8 Å². The number of nitrogens with one attached hydrogen (secondary N) is 1. The molecule has 3 rings (SSSR count). The highest BCUT2D eigenvalue weighted by Gasteiger charge is 2.32. The molecule has 1 atom stereocenters. The van der Waals surface area contributed by atoms with Crippen LogP contribution in [0.1, 0.15) is 37.7 Å². The minimum Gasteiger partial charge on any atom is -0.313 e. The predicted molar refractivity (Wildman–Crippen MR) is 83.1 cm³/mol. The number of hydrogen-bond donors (Lipinski definition) is 1. The molecular formula is C16H21BrF2N2. The van der Waals surface area contributed by atoms with E-state index in [2.05, 4.69) is 26.1 Å². The molecule has 1 saturated carbocycles. The highest BCUT2D eigenvalue weighted by molar-refractivity contribution is 9.10. The van der Waals surface area contributed by atoms with Gasteiger partial charge in [-0.2, -0.15) is 0 Å². The van der Waals surface area contributed by atoms with Gasteiger partial charge in [-0.15, -0.1) is 0 Å². The summed E-state index contributed by atoms with van der Waals surface area (Å²) in [4.78, 5) is 2.25. The number of rotatable bonds is 5. The Kier molecular flexibility index (Phi) is 4.92. The van der Waals surface area contributed by atoms with Crippen molar-refractivity contribution in [3.63, 3.8) is 0 Å². The first-order valence-electron chi connectivity index (χ1n) is 7.75. The van der Waals surface area contributed by atoms with Gasteiger partial charge >= 0.3 is 0 Å². The van der Waals surface area contributed by atoms with Crippen LogP contribution in [0.4, 0.5) is 8.78 Å². The second-order valence-corrected chi connectivity index (χ2v) is 6.98. The molecule has 1 aromatic rings. The quantitative estimate of drug-likeness (QED) is 0.804. The number of hydrogen-bond acceptors (Lipinski definition) is 2. The fourth-order valence-electron chi connectivity index (χ4n) is 3.06. The number of nitrogens with zero attached hydrogens (tertiary/aromatic N) is 1. The molecule has 1 aliphatic heterocycles. The van der Waals surface area contributed by atoms with Gasteiger partial charge in [-0.3, -0.25) is 4.90 Å². The molecule has 1 aliphatic carbocycles. The standard InChI is InChI=1S/C16H21BrF2N2/c17-14-6-7-15(18)13(16(14)19)10-21(12-4-5-12)9-11-3-1-2-8-20-11/h6-7,11-12,20H,1-5,8-10H2. The summed E-state index contributed by atoms with van der Waals surface area (Å²) in [5.74, 6) is -0.907. The van der Waals surface area contributed by atoms with Gasteiger partial charge in [0.2, 0.25) is 0 Å². The minimum atomic E-state index is -0.461. The van der Waals surface area contributed by atoms with E-state index >= 15 is 0 Å². The van der Waals surface area contributed by atoms with Crippen LogP contribution in [0.15, 0.2) is 16.6 Å². The molecule has 2 aliphatic rings. The van der Waals surface area contributed by atoms with Crippen LogP contribution in [-0.4, -0.2) is 30.1 Å². The summed E-state index contributed by atoms with van der Waals surface area (Å²) in [5, 5.41) is 3.52. The molecule has 2 fully saturated rings. The van der Waals surface area contributed by atoms with E-state index in [1.54, 1.807) is 0 Å². The van der Waals surface area contributed by atoms with Crippen LogP contribution in [-0.2, 0) is 6.54 Å². The second-order valence-electron chi connectivity index (χ2n) is 6.13. The summed E-state index contributed by atoms with van der Waals surface area (Å²) >= 11 is 3.15. The zero-order valence-electron chi connectivity index (χ0n) is 12.0. The average molecular weight is 359 g/mol. The fraction of sp³-hybridized carbons (Fsp3) is 0.625. The molecule has 116 valence electrons. The van der Waals surface area contributed by atoms with E-state index in [4.69, 9.17) is 0 Å². The van der Waals surface area contributed by atoms with Crippen LogP contribution in [0.2, 0.25) is 0 Å². The lowest BCUT2D eigenvalue weighted by atomic mass is 10.0. The Labute approximate surface area is 133 Å². The van der Waals surface area contributed by atoms with E-state index < -0.39 is 11.6 Å². The Bertz CT molecular complexity index is 499. The van der Waals surface area contributed by atoms with Crippen molar-refractivity contribution in [1.29, 1.82) is 0 Å². The molecule has 1 N–H and O–H groups in total. The van der Waals surface area contributed by atoms with E-state index in [1.165, 1.54) is 25.0 Å². The molecule has 2 nitrogen and oxygen atoms in total. The van der Waals surface area contributed by atoms with Crippen LogP contribution in [0.25, 0.3) is 0 Å². The smallest absolute Gasteiger partial charge is 0.144 e. The Morgan fingerprint density at radius 3 is 2.67 bits per heavy atom. The average Bonchev–Trinajstić information content (AvgIpc) is 3.32. The van der Waals surface area contributed by atoms with Crippen molar-refractivity contribution in [2.75, 3.05) is 13.1 Å². The maximum atomic E-state index is 14.2. The molecule has 1 aromatic carbocycles. The van der Waals surface area contributed by atoms with Crippen molar-refractivity contribution in [1.82, 2.24) is 10.2 Å². The third-order valence-corrected chi connectivity index (χ3v) is 5.04. The normalized spacial score (nSPS) is 22.8. The third-order valence-electron chi connectivity index (χ3n) is 4.43. The Morgan fingerprint density at radius 2 is 2.00 bits per heavy atom. The van der Waals surface area contributed by atoms with Gasteiger partial charge in [0.25, 0.3) is 0 Å². The van der Waals surface area contributed by atoms with Crippen LogP contribution in [0.3, 0.4) is 0 Å². The Morgan fingerprint density at radius 1 is 1.19 bits per heavy atom.